The van der Waals surface area contributed by atoms with Gasteiger partial charge in [-0.1, -0.05) is 29.8 Å². The van der Waals surface area contributed by atoms with Crippen LogP contribution in [0.1, 0.15) is 32.6 Å². The average Bonchev–Trinajstić information content (AvgIpc) is 2.45. The molecule has 6 heteroatoms. The molecule has 24 heavy (non-hydrogen) atoms. The topological polar surface area (TPSA) is 89.3 Å². The lowest BCUT2D eigenvalue weighted by molar-refractivity contribution is 0.0953. The third-order valence-corrected chi connectivity index (χ3v) is 4.78. The number of carbonyl (C=O) groups is 1. The number of primary sulfonamides is 1. The van der Waals surface area contributed by atoms with Gasteiger partial charge in [0.2, 0.25) is 10.0 Å². The fourth-order valence-corrected chi connectivity index (χ4v) is 3.31. The summed E-state index contributed by atoms with van der Waals surface area (Å²) in [6.07, 6.45) is 0.612. The molecule has 0 radical (unpaired) electrons. The summed E-state index contributed by atoms with van der Waals surface area (Å²) in [4.78, 5) is 12.5. The number of hydrogen-bond donors (Lipinski definition) is 2. The van der Waals surface area contributed by atoms with Crippen LogP contribution >= 0.6 is 0 Å². The van der Waals surface area contributed by atoms with Crippen LogP contribution in [0.15, 0.2) is 41.3 Å². The molecule has 0 aromatic heterocycles. The molecule has 0 fully saturated rings. The first-order valence-electron chi connectivity index (χ1n) is 7.66. The Morgan fingerprint density at radius 1 is 1.04 bits per heavy atom. The second-order valence-corrected chi connectivity index (χ2v) is 7.53. The Bertz CT molecular complexity index is 833. The normalized spacial score (nSPS) is 11.3. The predicted molar refractivity (Wildman–Crippen MR) is 94.5 cm³/mol. The standard InChI is InChI=1S/C18H22N2O3S/c1-12-10-13(2)17(14(3)11-12)18(21)20-9-8-15-4-6-16(7-5-15)24(19,22)23/h4-7,10-11H,8-9H2,1-3H3,(H,20,21)(H2,19,22,23). The summed E-state index contributed by atoms with van der Waals surface area (Å²) in [5, 5.41) is 7.98. The summed E-state index contributed by atoms with van der Waals surface area (Å²) >= 11 is 0. The molecule has 0 aliphatic heterocycles. The summed E-state index contributed by atoms with van der Waals surface area (Å²) in [6, 6.07) is 10.3. The Kier molecular flexibility index (Phi) is 5.41. The number of hydrogen-bond acceptors (Lipinski definition) is 3. The zero-order valence-electron chi connectivity index (χ0n) is 14.1. The van der Waals surface area contributed by atoms with E-state index in [-0.39, 0.29) is 10.8 Å². The molecule has 0 atom stereocenters. The van der Waals surface area contributed by atoms with Crippen LogP contribution in [0.25, 0.3) is 0 Å². The summed E-state index contributed by atoms with van der Waals surface area (Å²) < 4.78 is 22.4. The van der Waals surface area contributed by atoms with Gasteiger partial charge in [0, 0.05) is 12.1 Å². The molecular formula is C18H22N2O3S. The fourth-order valence-electron chi connectivity index (χ4n) is 2.79. The number of rotatable bonds is 5. The molecule has 2 aromatic carbocycles. The van der Waals surface area contributed by atoms with Gasteiger partial charge in [0.15, 0.2) is 0 Å². The maximum atomic E-state index is 12.4. The van der Waals surface area contributed by atoms with Crippen LogP contribution in [0, 0.1) is 20.8 Å². The molecule has 0 saturated heterocycles. The third kappa shape index (κ3) is 4.43. The summed E-state index contributed by atoms with van der Waals surface area (Å²) in [6.45, 7) is 6.34. The lowest BCUT2D eigenvalue weighted by Crippen LogP contribution is -2.27. The van der Waals surface area contributed by atoms with Crippen LogP contribution in [-0.4, -0.2) is 20.9 Å². The van der Waals surface area contributed by atoms with Crippen molar-refractivity contribution in [2.45, 2.75) is 32.1 Å². The Labute approximate surface area is 142 Å². The highest BCUT2D eigenvalue weighted by atomic mass is 32.2. The number of carbonyl (C=O) groups excluding carboxylic acids is 1. The van der Waals surface area contributed by atoms with Gasteiger partial charge < -0.3 is 5.32 Å². The number of nitrogens with two attached hydrogens (primary N) is 1. The van der Waals surface area contributed by atoms with E-state index in [0.29, 0.717) is 18.5 Å². The molecule has 0 heterocycles. The van der Waals surface area contributed by atoms with Crippen LogP contribution in [0.5, 0.6) is 0 Å². The van der Waals surface area contributed by atoms with E-state index in [4.69, 9.17) is 5.14 Å². The van der Waals surface area contributed by atoms with Gasteiger partial charge in [0.1, 0.15) is 0 Å². The fraction of sp³-hybridized carbons (Fsp3) is 0.278. The van der Waals surface area contributed by atoms with E-state index in [1.165, 1.54) is 12.1 Å². The summed E-state index contributed by atoms with van der Waals surface area (Å²) in [5.74, 6) is -0.0915. The number of benzene rings is 2. The molecule has 0 unspecified atom stereocenters. The second kappa shape index (κ2) is 7.15. The van der Waals surface area contributed by atoms with Gasteiger partial charge in [0.25, 0.3) is 5.91 Å². The van der Waals surface area contributed by atoms with Crippen LogP contribution in [0.2, 0.25) is 0 Å². The summed E-state index contributed by atoms with van der Waals surface area (Å²) in [7, 11) is -3.67. The van der Waals surface area contributed by atoms with Gasteiger partial charge in [-0.3, -0.25) is 4.79 Å². The van der Waals surface area contributed by atoms with Gasteiger partial charge >= 0.3 is 0 Å². The molecule has 0 saturated carbocycles. The minimum Gasteiger partial charge on any atom is -0.352 e. The van der Waals surface area contributed by atoms with Crippen LogP contribution in [0.3, 0.4) is 0 Å². The number of sulfonamides is 1. The first kappa shape index (κ1) is 18.2. The highest BCUT2D eigenvalue weighted by molar-refractivity contribution is 7.89. The Balaban J connectivity index is 1.98. The lowest BCUT2D eigenvalue weighted by atomic mass is 9.99. The Morgan fingerprint density at radius 2 is 1.58 bits per heavy atom. The molecule has 0 bridgehead atoms. The van der Waals surface area contributed by atoms with E-state index in [0.717, 1.165) is 22.3 Å². The van der Waals surface area contributed by atoms with Gasteiger partial charge in [-0.25, -0.2) is 13.6 Å². The zero-order chi connectivity index (χ0) is 17.9. The molecule has 3 N–H and O–H groups in total. The van der Waals surface area contributed by atoms with E-state index in [1.54, 1.807) is 12.1 Å². The van der Waals surface area contributed by atoms with Gasteiger partial charge in [0.05, 0.1) is 4.90 Å². The van der Waals surface area contributed by atoms with E-state index in [2.05, 4.69) is 5.32 Å². The van der Waals surface area contributed by atoms with Crippen molar-refractivity contribution in [2.24, 2.45) is 5.14 Å². The third-order valence-electron chi connectivity index (χ3n) is 3.86. The molecular weight excluding hydrogens is 324 g/mol. The molecule has 0 aliphatic carbocycles. The SMILES string of the molecule is Cc1cc(C)c(C(=O)NCCc2ccc(S(N)(=O)=O)cc2)c(C)c1. The molecule has 1 amide bonds. The highest BCUT2D eigenvalue weighted by Crippen LogP contribution is 2.16. The van der Waals surface area contributed by atoms with Crippen molar-refractivity contribution in [3.05, 3.63) is 64.2 Å². The molecule has 0 spiro atoms. The molecule has 128 valence electrons. The monoisotopic (exact) mass is 346 g/mol. The quantitative estimate of drug-likeness (QED) is 0.870. The van der Waals surface area contributed by atoms with Crippen molar-refractivity contribution < 1.29 is 13.2 Å². The van der Waals surface area contributed by atoms with Gasteiger partial charge in [-0.05, 0) is 56.0 Å². The first-order chi connectivity index (χ1) is 11.2. The molecule has 0 aliphatic rings. The molecule has 2 aromatic rings. The van der Waals surface area contributed by atoms with Crippen molar-refractivity contribution >= 4 is 15.9 Å². The number of nitrogens with one attached hydrogen (secondary N) is 1. The van der Waals surface area contributed by atoms with E-state index < -0.39 is 10.0 Å². The van der Waals surface area contributed by atoms with Crippen molar-refractivity contribution in [3.8, 4) is 0 Å². The number of amides is 1. The summed E-state index contributed by atoms with van der Waals surface area (Å²) in [5.41, 5.74) is 4.70. The Hall–Kier alpha value is -2.18. The highest BCUT2D eigenvalue weighted by Gasteiger charge is 2.12. The van der Waals surface area contributed by atoms with Gasteiger partial charge in [-0.15, -0.1) is 0 Å². The van der Waals surface area contributed by atoms with E-state index >= 15 is 0 Å². The van der Waals surface area contributed by atoms with E-state index in [1.807, 2.05) is 32.9 Å². The lowest BCUT2D eigenvalue weighted by Gasteiger charge is -2.12. The zero-order valence-corrected chi connectivity index (χ0v) is 14.9. The van der Waals surface area contributed by atoms with E-state index in [9.17, 15) is 13.2 Å². The van der Waals surface area contributed by atoms with Crippen LogP contribution in [0.4, 0.5) is 0 Å². The van der Waals surface area contributed by atoms with Gasteiger partial charge in [-0.2, -0.15) is 0 Å². The smallest absolute Gasteiger partial charge is 0.251 e. The predicted octanol–water partition coefficient (Wildman–Crippen LogP) is 2.23. The minimum absolute atomic E-state index is 0.0844. The Morgan fingerprint density at radius 3 is 2.08 bits per heavy atom. The van der Waals surface area contributed by atoms with Crippen LogP contribution in [-0.2, 0) is 16.4 Å². The largest absolute Gasteiger partial charge is 0.352 e. The van der Waals surface area contributed by atoms with Crippen molar-refractivity contribution in [1.82, 2.24) is 5.32 Å². The molecule has 2 rings (SSSR count). The molecule has 5 nitrogen and oxygen atoms in total. The van der Waals surface area contributed by atoms with Crippen molar-refractivity contribution in [3.63, 3.8) is 0 Å². The van der Waals surface area contributed by atoms with Crippen LogP contribution < -0.4 is 10.5 Å². The van der Waals surface area contributed by atoms with Crippen molar-refractivity contribution in [2.75, 3.05) is 6.54 Å². The second-order valence-electron chi connectivity index (χ2n) is 5.97. The average molecular weight is 346 g/mol. The minimum atomic E-state index is -3.67. The van der Waals surface area contributed by atoms with Crippen molar-refractivity contribution in [1.29, 1.82) is 0 Å². The first-order valence-corrected chi connectivity index (χ1v) is 9.21. The maximum Gasteiger partial charge on any atom is 0.251 e. The maximum absolute atomic E-state index is 12.4. The number of aryl methyl sites for hydroxylation is 3.